The Morgan fingerprint density at radius 3 is 2.47 bits per heavy atom. The van der Waals surface area contributed by atoms with E-state index < -0.39 is 10.1 Å². The second-order valence-electron chi connectivity index (χ2n) is 3.39. The van der Waals surface area contributed by atoms with Crippen LogP contribution in [0.4, 0.5) is 5.69 Å². The molecule has 0 saturated carbocycles. The van der Waals surface area contributed by atoms with Gasteiger partial charge in [-0.25, -0.2) is 0 Å². The van der Waals surface area contributed by atoms with Crippen LogP contribution in [-0.2, 0) is 10.1 Å². The lowest BCUT2D eigenvalue weighted by atomic mass is 10.1. The fourth-order valence-electron chi connectivity index (χ4n) is 1.55. The highest BCUT2D eigenvalue weighted by atomic mass is 32.2. The van der Waals surface area contributed by atoms with E-state index in [1.54, 1.807) is 0 Å². The molecule has 2 N–H and O–H groups in total. The molecule has 0 aliphatic carbocycles. The van der Waals surface area contributed by atoms with E-state index in [2.05, 4.69) is 4.98 Å². The van der Waals surface area contributed by atoms with Crippen LogP contribution in [0.1, 0.15) is 0 Å². The van der Waals surface area contributed by atoms with Crippen molar-refractivity contribution in [3.8, 4) is 5.75 Å². The van der Waals surface area contributed by atoms with Crippen molar-refractivity contribution in [2.24, 2.45) is 0 Å². The van der Waals surface area contributed by atoms with Gasteiger partial charge in [0.05, 0.1) is 10.3 Å². The van der Waals surface area contributed by atoms with Gasteiger partial charge in [0.1, 0.15) is 0 Å². The predicted octanol–water partition coefficient (Wildman–Crippen LogP) is 2.28. The summed E-state index contributed by atoms with van der Waals surface area (Å²) in [6, 6.07) is 6.44. The van der Waals surface area contributed by atoms with Crippen LogP contribution >= 0.6 is 0 Å². The van der Waals surface area contributed by atoms with Gasteiger partial charge in [0.15, 0.2) is 4.98 Å². The number of benzene rings is 2. The summed E-state index contributed by atoms with van der Waals surface area (Å²) in [5.74, 6) is -0.223. The summed E-state index contributed by atoms with van der Waals surface area (Å²) in [5.41, 5.74) is -0.0515. The highest BCUT2D eigenvalue weighted by Crippen LogP contribution is 2.35. The van der Waals surface area contributed by atoms with Crippen molar-refractivity contribution in [3.63, 3.8) is 0 Å². The highest BCUT2D eigenvalue weighted by molar-refractivity contribution is 7.85. The third kappa shape index (κ3) is 1.91. The summed E-state index contributed by atoms with van der Waals surface area (Å²) in [7, 11) is -4.28. The van der Waals surface area contributed by atoms with Crippen LogP contribution in [0.2, 0.25) is 0 Å². The molecule has 2 aromatic rings. The SMILES string of the molecule is N#[N+]c1c(O)ccc2cc(S(=O)(=O)O)ccc12. The van der Waals surface area contributed by atoms with Crippen LogP contribution in [0.3, 0.4) is 0 Å². The van der Waals surface area contributed by atoms with Gasteiger partial charge in [0, 0.05) is 0 Å². The molecule has 2 rings (SSSR count). The van der Waals surface area contributed by atoms with Gasteiger partial charge in [-0.15, -0.1) is 0 Å². The minimum Gasteiger partial charge on any atom is -0.501 e. The average molecular weight is 251 g/mol. The van der Waals surface area contributed by atoms with Crippen molar-refractivity contribution >= 4 is 26.6 Å². The quantitative estimate of drug-likeness (QED) is 0.597. The fraction of sp³-hybridized carbons (Fsp3) is 0. The number of nitrogens with zero attached hydrogens (tertiary/aromatic N) is 2. The molecule has 0 unspecified atom stereocenters. The normalized spacial score (nSPS) is 11.3. The molecule has 0 aromatic heterocycles. The maximum Gasteiger partial charge on any atom is 0.433 e. The Hall–Kier alpha value is -2.17. The zero-order valence-electron chi connectivity index (χ0n) is 8.40. The number of phenolic OH excluding ortho intramolecular Hbond substituents is 1. The van der Waals surface area contributed by atoms with Crippen LogP contribution in [0.15, 0.2) is 35.2 Å². The van der Waals surface area contributed by atoms with Gasteiger partial charge in [-0.05, 0) is 29.7 Å². The molecule has 17 heavy (non-hydrogen) atoms. The second-order valence-corrected chi connectivity index (χ2v) is 4.81. The molecular weight excluding hydrogens is 244 g/mol. The molecule has 0 heterocycles. The Kier molecular flexibility index (Phi) is 2.46. The Labute approximate surface area is 96.5 Å². The van der Waals surface area contributed by atoms with Gasteiger partial charge in [0.25, 0.3) is 10.1 Å². The molecule has 0 aliphatic rings. The topological polar surface area (TPSA) is 103 Å². The van der Waals surface area contributed by atoms with Gasteiger partial charge in [-0.2, -0.15) is 8.42 Å². The second kappa shape index (κ2) is 3.69. The summed E-state index contributed by atoms with van der Waals surface area (Å²) >= 11 is 0. The third-order valence-corrected chi connectivity index (χ3v) is 3.19. The van der Waals surface area contributed by atoms with Crippen LogP contribution in [0, 0.1) is 5.39 Å². The molecule has 0 saturated heterocycles. The summed E-state index contributed by atoms with van der Waals surface area (Å²) in [4.78, 5) is 2.66. The Morgan fingerprint density at radius 2 is 1.88 bits per heavy atom. The van der Waals surface area contributed by atoms with Gasteiger partial charge >= 0.3 is 5.69 Å². The van der Waals surface area contributed by atoms with E-state index in [1.165, 1.54) is 24.3 Å². The number of fused-ring (bicyclic) bond motifs is 1. The highest BCUT2D eigenvalue weighted by Gasteiger charge is 2.19. The summed E-state index contributed by atoms with van der Waals surface area (Å²) in [5, 5.41) is 19.0. The number of hydrogen-bond acceptors (Lipinski definition) is 4. The Morgan fingerprint density at radius 1 is 1.18 bits per heavy atom. The number of rotatable bonds is 1. The molecular formula is C10H7N2O4S+. The van der Waals surface area contributed by atoms with E-state index in [9.17, 15) is 13.5 Å². The van der Waals surface area contributed by atoms with Crippen molar-refractivity contribution in [3.05, 3.63) is 35.3 Å². The Balaban J connectivity index is 2.84. The number of diazo groups is 1. The first-order valence-electron chi connectivity index (χ1n) is 4.52. The smallest absolute Gasteiger partial charge is 0.433 e. The van der Waals surface area contributed by atoms with Crippen molar-refractivity contribution in [2.75, 3.05) is 0 Å². The molecule has 0 aliphatic heterocycles. The lowest BCUT2D eigenvalue weighted by Gasteiger charge is -1.99. The zero-order chi connectivity index (χ0) is 12.6. The standard InChI is InChI=1S/C10H6N2O4S/c11-12-10-8-3-2-7(17(14,15)16)5-6(8)1-4-9(10)13/h1-5H,(H-,13,14,15,16)/p+1. The number of hydrogen-bond donors (Lipinski definition) is 2. The van der Waals surface area contributed by atoms with Crippen LogP contribution in [0.5, 0.6) is 5.75 Å². The van der Waals surface area contributed by atoms with E-state index in [0.29, 0.717) is 10.8 Å². The van der Waals surface area contributed by atoms with Crippen molar-refractivity contribution in [2.45, 2.75) is 4.90 Å². The van der Waals surface area contributed by atoms with Crippen LogP contribution in [0.25, 0.3) is 15.7 Å². The summed E-state index contributed by atoms with van der Waals surface area (Å²) in [6.07, 6.45) is 0. The largest absolute Gasteiger partial charge is 0.501 e. The van der Waals surface area contributed by atoms with Crippen molar-refractivity contribution in [1.82, 2.24) is 0 Å². The minimum absolute atomic E-state index is 0.0515. The molecule has 0 bridgehead atoms. The van der Waals surface area contributed by atoms with Crippen LogP contribution in [-0.4, -0.2) is 18.1 Å². The summed E-state index contributed by atoms with van der Waals surface area (Å²) < 4.78 is 30.7. The first-order valence-corrected chi connectivity index (χ1v) is 5.96. The third-order valence-electron chi connectivity index (χ3n) is 2.34. The zero-order valence-corrected chi connectivity index (χ0v) is 9.22. The van der Waals surface area contributed by atoms with E-state index in [-0.39, 0.29) is 16.3 Å². The summed E-state index contributed by atoms with van der Waals surface area (Å²) in [6.45, 7) is 0. The van der Waals surface area contributed by atoms with Crippen LogP contribution < -0.4 is 0 Å². The lowest BCUT2D eigenvalue weighted by molar-refractivity contribution is 0.479. The molecule has 6 nitrogen and oxygen atoms in total. The maximum absolute atomic E-state index is 10.9. The molecule has 7 heteroatoms. The molecule has 0 amide bonds. The first-order chi connectivity index (χ1) is 7.93. The van der Waals surface area contributed by atoms with E-state index in [0.717, 1.165) is 6.07 Å². The molecule has 0 radical (unpaired) electrons. The van der Waals surface area contributed by atoms with Gasteiger partial charge in [0.2, 0.25) is 11.1 Å². The Bertz CT molecular complexity index is 747. The number of phenols is 1. The fourth-order valence-corrected chi connectivity index (χ4v) is 2.06. The van der Waals surface area contributed by atoms with Gasteiger partial charge < -0.3 is 5.11 Å². The number of aromatic hydroxyl groups is 1. The molecule has 0 spiro atoms. The van der Waals surface area contributed by atoms with E-state index in [4.69, 9.17) is 9.95 Å². The molecule has 2 aromatic carbocycles. The monoisotopic (exact) mass is 251 g/mol. The molecule has 86 valence electrons. The lowest BCUT2D eigenvalue weighted by Crippen LogP contribution is -1.97. The average Bonchev–Trinajstić information content (AvgIpc) is 2.27. The molecule has 0 atom stereocenters. The van der Waals surface area contributed by atoms with E-state index in [1.807, 2.05) is 0 Å². The van der Waals surface area contributed by atoms with Crippen molar-refractivity contribution < 1.29 is 18.1 Å². The first kappa shape index (κ1) is 11.3. The van der Waals surface area contributed by atoms with Gasteiger partial charge in [-0.3, -0.25) is 4.55 Å². The minimum atomic E-state index is -4.28. The predicted molar refractivity (Wildman–Crippen MR) is 60.2 cm³/mol. The maximum atomic E-state index is 10.9. The van der Waals surface area contributed by atoms with Gasteiger partial charge in [-0.1, -0.05) is 6.07 Å². The van der Waals surface area contributed by atoms with Crippen molar-refractivity contribution in [1.29, 1.82) is 5.39 Å². The van der Waals surface area contributed by atoms with E-state index >= 15 is 0 Å². The molecule has 0 fully saturated rings.